The van der Waals surface area contributed by atoms with Gasteiger partial charge in [-0.2, -0.15) is 0 Å². The van der Waals surface area contributed by atoms with Gasteiger partial charge < -0.3 is 11.1 Å². The van der Waals surface area contributed by atoms with Gasteiger partial charge in [0.15, 0.2) is 0 Å². The van der Waals surface area contributed by atoms with Crippen LogP contribution in [-0.4, -0.2) is 26.4 Å². The van der Waals surface area contributed by atoms with Crippen LogP contribution in [0, 0.1) is 6.92 Å². The maximum absolute atomic E-state index is 12.2. The van der Waals surface area contributed by atoms with Gasteiger partial charge in [-0.05, 0) is 45.4 Å². The SMILES string of the molecule is Cc1cc(Cl)c(N)cc1S(=O)(=O)NCC(=O)NC(C)(C)C. The van der Waals surface area contributed by atoms with E-state index in [1.54, 1.807) is 6.92 Å². The first kappa shape index (κ1) is 17.7. The number of carbonyl (C=O) groups excluding carboxylic acids is 1. The molecule has 6 nitrogen and oxygen atoms in total. The van der Waals surface area contributed by atoms with Crippen molar-refractivity contribution in [3.05, 3.63) is 22.7 Å². The van der Waals surface area contributed by atoms with Crippen LogP contribution in [0.15, 0.2) is 17.0 Å². The molecule has 118 valence electrons. The summed E-state index contributed by atoms with van der Waals surface area (Å²) in [5, 5.41) is 2.96. The Morgan fingerprint density at radius 3 is 2.43 bits per heavy atom. The molecule has 0 aliphatic rings. The van der Waals surface area contributed by atoms with Crippen molar-refractivity contribution in [2.24, 2.45) is 0 Å². The number of benzene rings is 1. The number of halogens is 1. The minimum atomic E-state index is -3.83. The summed E-state index contributed by atoms with van der Waals surface area (Å²) in [4.78, 5) is 11.7. The number of hydrogen-bond donors (Lipinski definition) is 3. The van der Waals surface area contributed by atoms with Crippen molar-refractivity contribution < 1.29 is 13.2 Å². The molecule has 21 heavy (non-hydrogen) atoms. The maximum Gasteiger partial charge on any atom is 0.241 e. The summed E-state index contributed by atoms with van der Waals surface area (Å²) in [6.07, 6.45) is 0. The minimum absolute atomic E-state index is 0.00737. The molecule has 1 aromatic rings. The largest absolute Gasteiger partial charge is 0.397 e. The van der Waals surface area contributed by atoms with Gasteiger partial charge in [0.25, 0.3) is 0 Å². The van der Waals surface area contributed by atoms with Crippen molar-refractivity contribution >= 4 is 33.2 Å². The zero-order valence-electron chi connectivity index (χ0n) is 12.5. The summed E-state index contributed by atoms with van der Waals surface area (Å²) in [5.74, 6) is -0.411. The second kappa shape index (κ2) is 6.21. The fourth-order valence-electron chi connectivity index (χ4n) is 1.66. The van der Waals surface area contributed by atoms with Crippen molar-refractivity contribution in [2.45, 2.75) is 38.1 Å². The Morgan fingerprint density at radius 2 is 1.90 bits per heavy atom. The predicted molar refractivity (Wildman–Crippen MR) is 83.7 cm³/mol. The number of carbonyl (C=O) groups is 1. The molecule has 0 saturated heterocycles. The van der Waals surface area contributed by atoms with E-state index in [1.165, 1.54) is 12.1 Å². The molecule has 0 unspecified atom stereocenters. The van der Waals surface area contributed by atoms with Crippen LogP contribution in [0.3, 0.4) is 0 Å². The highest BCUT2D eigenvalue weighted by molar-refractivity contribution is 7.89. The Balaban J connectivity index is 2.88. The third-order valence-corrected chi connectivity index (χ3v) is 4.39. The summed E-state index contributed by atoms with van der Waals surface area (Å²) in [7, 11) is -3.83. The molecular weight excluding hydrogens is 314 g/mol. The van der Waals surface area contributed by atoms with E-state index >= 15 is 0 Å². The molecule has 0 fully saturated rings. The molecule has 1 aromatic carbocycles. The van der Waals surface area contributed by atoms with Crippen molar-refractivity contribution in [3.63, 3.8) is 0 Å². The van der Waals surface area contributed by atoms with E-state index in [-0.39, 0.29) is 22.2 Å². The van der Waals surface area contributed by atoms with E-state index < -0.39 is 21.5 Å². The zero-order chi connectivity index (χ0) is 16.4. The van der Waals surface area contributed by atoms with Crippen molar-refractivity contribution in [2.75, 3.05) is 12.3 Å². The first-order chi connectivity index (χ1) is 9.42. The molecule has 0 aliphatic heterocycles. The van der Waals surface area contributed by atoms with Crippen LogP contribution in [0.1, 0.15) is 26.3 Å². The van der Waals surface area contributed by atoms with Gasteiger partial charge in [-0.25, -0.2) is 13.1 Å². The van der Waals surface area contributed by atoms with Crippen LogP contribution < -0.4 is 15.8 Å². The third-order valence-electron chi connectivity index (χ3n) is 2.52. The number of hydrogen-bond acceptors (Lipinski definition) is 4. The van der Waals surface area contributed by atoms with Crippen LogP contribution in [0.25, 0.3) is 0 Å². The van der Waals surface area contributed by atoms with Crippen LogP contribution in [-0.2, 0) is 14.8 Å². The number of amides is 1. The quantitative estimate of drug-likeness (QED) is 0.725. The first-order valence-electron chi connectivity index (χ1n) is 6.29. The van der Waals surface area contributed by atoms with Gasteiger partial charge in [-0.3, -0.25) is 4.79 Å². The predicted octanol–water partition coefficient (Wildman–Crippen LogP) is 1.42. The number of nitrogens with one attached hydrogen (secondary N) is 2. The van der Waals surface area contributed by atoms with Gasteiger partial charge in [-0.1, -0.05) is 11.6 Å². The Hall–Kier alpha value is -1.31. The van der Waals surface area contributed by atoms with Gasteiger partial charge in [0, 0.05) is 5.54 Å². The topological polar surface area (TPSA) is 101 Å². The Morgan fingerprint density at radius 1 is 1.33 bits per heavy atom. The van der Waals surface area contributed by atoms with Gasteiger partial charge in [-0.15, -0.1) is 0 Å². The van der Waals surface area contributed by atoms with Gasteiger partial charge in [0.2, 0.25) is 15.9 Å². The van der Waals surface area contributed by atoms with E-state index in [0.29, 0.717) is 5.56 Å². The van der Waals surface area contributed by atoms with E-state index in [2.05, 4.69) is 10.0 Å². The van der Waals surface area contributed by atoms with E-state index in [0.717, 1.165) is 0 Å². The molecule has 0 atom stereocenters. The van der Waals surface area contributed by atoms with Gasteiger partial charge in [0.05, 0.1) is 22.2 Å². The van der Waals surface area contributed by atoms with E-state index in [9.17, 15) is 13.2 Å². The Bertz CT molecular complexity index is 651. The lowest BCUT2D eigenvalue weighted by Crippen LogP contribution is -2.45. The van der Waals surface area contributed by atoms with Crippen LogP contribution in [0.5, 0.6) is 0 Å². The Labute approximate surface area is 130 Å². The van der Waals surface area contributed by atoms with Crippen LogP contribution in [0.2, 0.25) is 5.02 Å². The average Bonchev–Trinajstić information content (AvgIpc) is 2.29. The summed E-state index contributed by atoms with van der Waals surface area (Å²) in [6, 6.07) is 2.75. The molecule has 0 bridgehead atoms. The molecular formula is C13H20ClN3O3S. The molecule has 1 rings (SSSR count). The average molecular weight is 334 g/mol. The third kappa shape index (κ3) is 5.18. The fourth-order valence-corrected chi connectivity index (χ4v) is 3.12. The highest BCUT2D eigenvalue weighted by Gasteiger charge is 2.21. The van der Waals surface area contributed by atoms with Crippen LogP contribution in [0.4, 0.5) is 5.69 Å². The molecule has 0 spiro atoms. The minimum Gasteiger partial charge on any atom is -0.397 e. The molecule has 0 aliphatic carbocycles. The number of nitrogen functional groups attached to an aromatic ring is 1. The molecule has 0 heterocycles. The normalized spacial score (nSPS) is 12.2. The summed E-state index contributed by atoms with van der Waals surface area (Å²) >= 11 is 5.83. The Kier molecular flexibility index (Phi) is 5.25. The molecule has 8 heteroatoms. The number of rotatable bonds is 4. The molecule has 0 radical (unpaired) electrons. The first-order valence-corrected chi connectivity index (χ1v) is 8.15. The monoisotopic (exact) mass is 333 g/mol. The van der Waals surface area contributed by atoms with Gasteiger partial charge >= 0.3 is 0 Å². The summed E-state index contributed by atoms with van der Waals surface area (Å²) < 4.78 is 26.6. The van der Waals surface area contributed by atoms with Gasteiger partial charge in [0.1, 0.15) is 0 Å². The number of sulfonamides is 1. The smallest absolute Gasteiger partial charge is 0.241 e. The van der Waals surface area contributed by atoms with E-state index in [4.69, 9.17) is 17.3 Å². The lowest BCUT2D eigenvalue weighted by atomic mass is 10.1. The van der Waals surface area contributed by atoms with Crippen molar-refractivity contribution in [3.8, 4) is 0 Å². The standard InChI is InChI=1S/C13H20ClN3O3S/c1-8-5-9(14)10(15)6-11(8)21(19,20)16-7-12(18)17-13(2,3)4/h5-6,16H,7,15H2,1-4H3,(H,17,18). The lowest BCUT2D eigenvalue weighted by Gasteiger charge is -2.20. The van der Waals surface area contributed by atoms with Crippen molar-refractivity contribution in [1.82, 2.24) is 10.0 Å². The molecule has 0 aromatic heterocycles. The lowest BCUT2D eigenvalue weighted by molar-refractivity contribution is -0.121. The maximum atomic E-state index is 12.2. The summed E-state index contributed by atoms with van der Waals surface area (Å²) in [6.45, 7) is 6.69. The zero-order valence-corrected chi connectivity index (χ0v) is 14.0. The highest BCUT2D eigenvalue weighted by Crippen LogP contribution is 2.25. The number of aryl methyl sites for hydroxylation is 1. The van der Waals surface area contributed by atoms with E-state index in [1.807, 2.05) is 20.8 Å². The second-order valence-electron chi connectivity index (χ2n) is 5.76. The molecule has 0 saturated carbocycles. The highest BCUT2D eigenvalue weighted by atomic mass is 35.5. The van der Waals surface area contributed by atoms with Crippen molar-refractivity contribution in [1.29, 1.82) is 0 Å². The number of nitrogens with two attached hydrogens (primary N) is 1. The number of anilines is 1. The second-order valence-corrected chi connectivity index (χ2v) is 7.90. The van der Waals surface area contributed by atoms with Crippen LogP contribution >= 0.6 is 11.6 Å². The summed E-state index contributed by atoms with van der Waals surface area (Å²) in [5.41, 5.74) is 5.82. The fraction of sp³-hybridized carbons (Fsp3) is 0.462. The molecule has 4 N–H and O–H groups in total. The molecule has 1 amide bonds.